The summed E-state index contributed by atoms with van der Waals surface area (Å²) in [5.74, 6) is 1.10. The van der Waals surface area contributed by atoms with Crippen LogP contribution in [0, 0.1) is 0 Å². The molecule has 0 saturated carbocycles. The van der Waals surface area contributed by atoms with E-state index in [1.165, 1.54) is 44.2 Å². The lowest BCUT2D eigenvalue weighted by Crippen LogP contribution is -2.61. The number of rotatable bonds is 5. The highest BCUT2D eigenvalue weighted by Crippen LogP contribution is 2.47. The summed E-state index contributed by atoms with van der Waals surface area (Å²) in [6, 6.07) is 85.1. The van der Waals surface area contributed by atoms with Crippen molar-refractivity contribution in [3.05, 3.63) is 243 Å². The van der Waals surface area contributed by atoms with Gasteiger partial charge in [0.15, 0.2) is 0 Å². The van der Waals surface area contributed by atoms with Crippen LogP contribution in [0.3, 0.4) is 0 Å². The monoisotopic (exact) mass is 1130 g/mol. The molecule has 0 unspecified atom stereocenters. The fourth-order valence-electron chi connectivity index (χ4n) is 11.3. The van der Waals surface area contributed by atoms with Crippen LogP contribution in [-0.4, -0.2) is 28.8 Å². The van der Waals surface area contributed by atoms with Gasteiger partial charge in [-0.05, 0) is 106 Å². The number of hydrogen-bond acceptors (Lipinski definition) is 6. The molecule has 4 heterocycles. The van der Waals surface area contributed by atoms with Crippen LogP contribution in [-0.2, 0) is 0 Å². The van der Waals surface area contributed by atoms with Gasteiger partial charge in [0.25, 0.3) is 13.4 Å². The van der Waals surface area contributed by atoms with Crippen LogP contribution in [0.25, 0.3) is 0 Å². The summed E-state index contributed by atoms with van der Waals surface area (Å²) >= 11 is 9.31. The number of hydrogen-bond donors (Lipinski definition) is 1. The van der Waals surface area contributed by atoms with Crippen LogP contribution in [0.2, 0.25) is 0 Å². The van der Waals surface area contributed by atoms with Gasteiger partial charge in [0.1, 0.15) is 11.5 Å². The molecule has 0 aromatic heterocycles. The van der Waals surface area contributed by atoms with Crippen LogP contribution >= 0.6 is 47.3 Å². The Hall–Kier alpha value is -7.37. The van der Waals surface area contributed by atoms with Gasteiger partial charge < -0.3 is 29.4 Å². The van der Waals surface area contributed by atoms with Crippen molar-refractivity contribution in [1.29, 1.82) is 0 Å². The number of halogens is 3. The van der Waals surface area contributed by atoms with E-state index >= 15 is 0 Å². The van der Waals surface area contributed by atoms with Crippen molar-refractivity contribution in [2.75, 3.05) is 26.7 Å². The molecule has 0 fully saturated rings. The SMILES string of the molecule is BrB(Br)Br.COc1cc2c3c(c1)N(c1ccccc1)c1ccccc1B3c1ccccc1N2c1ccccc1.Oc1cc2c3c(c1)N(c1ccccc1)c1ccccc1B3c1ccccc1N2c1ccccc1. The second-order valence-electron chi connectivity index (χ2n) is 18.0. The van der Waals surface area contributed by atoms with E-state index in [0.717, 1.165) is 62.6 Å². The van der Waals surface area contributed by atoms with Crippen LogP contribution in [0.4, 0.5) is 68.2 Å². The van der Waals surface area contributed by atoms with Gasteiger partial charge in [0, 0.05) is 92.5 Å². The number of ether oxygens (including phenoxy) is 1. The molecule has 0 spiro atoms. The van der Waals surface area contributed by atoms with Gasteiger partial charge in [-0.1, -0.05) is 146 Å². The normalized spacial score (nSPS) is 12.8. The lowest BCUT2D eigenvalue weighted by molar-refractivity contribution is 0.415. The summed E-state index contributed by atoms with van der Waals surface area (Å²) in [7, 11) is 1.75. The molecule has 0 amide bonds. The largest absolute Gasteiger partial charge is 0.508 e. The molecule has 4 aliphatic rings. The minimum Gasteiger partial charge on any atom is -0.508 e. The number of fused-ring (bicyclic) bond motifs is 8. The highest BCUT2D eigenvalue weighted by molar-refractivity contribution is 9.69. The van der Waals surface area contributed by atoms with Gasteiger partial charge >= 0.3 is 3.18 Å². The Morgan fingerprint density at radius 1 is 0.342 bits per heavy atom. The number of phenols is 1. The van der Waals surface area contributed by atoms with Crippen LogP contribution in [0.5, 0.6) is 11.5 Å². The molecule has 6 nitrogen and oxygen atoms in total. The summed E-state index contributed by atoms with van der Waals surface area (Å²) in [6.07, 6.45) is 0. The molecule has 10 aromatic rings. The molecule has 0 saturated heterocycles. The second kappa shape index (κ2) is 19.9. The average Bonchev–Trinajstić information content (AvgIpc) is 3.43. The van der Waals surface area contributed by atoms with E-state index in [0.29, 0.717) is 0 Å². The predicted molar refractivity (Wildman–Crippen MR) is 322 cm³/mol. The van der Waals surface area contributed by atoms with E-state index in [4.69, 9.17) is 4.74 Å². The quantitative estimate of drug-likeness (QED) is 0.173. The van der Waals surface area contributed by atoms with Crippen molar-refractivity contribution in [3.8, 4) is 11.5 Å². The van der Waals surface area contributed by atoms with Gasteiger partial charge in [0.2, 0.25) is 0 Å². The zero-order valence-corrected chi connectivity index (χ0v) is 44.4. The molecule has 4 aliphatic heterocycles. The fraction of sp³-hybridized carbons (Fsp3) is 0.0164. The first-order chi connectivity index (χ1) is 35.9. The van der Waals surface area contributed by atoms with Crippen LogP contribution in [0.15, 0.2) is 243 Å². The topological polar surface area (TPSA) is 42.4 Å². The van der Waals surface area contributed by atoms with E-state index in [1.54, 1.807) is 7.11 Å². The van der Waals surface area contributed by atoms with Gasteiger partial charge in [-0.3, -0.25) is 0 Å². The molecular weight excluding hydrogens is 1090 g/mol. The van der Waals surface area contributed by atoms with E-state index in [1.807, 2.05) is 24.3 Å². The van der Waals surface area contributed by atoms with Crippen molar-refractivity contribution in [1.82, 2.24) is 0 Å². The Kier molecular flexibility index (Phi) is 12.7. The van der Waals surface area contributed by atoms with Crippen LogP contribution in [0.1, 0.15) is 0 Å². The van der Waals surface area contributed by atoms with Crippen molar-refractivity contribution >= 4 is 165 Å². The lowest BCUT2D eigenvalue weighted by Gasteiger charge is -2.44. The molecule has 0 radical (unpaired) electrons. The zero-order chi connectivity index (χ0) is 49.6. The van der Waals surface area contributed by atoms with Gasteiger partial charge in [0.05, 0.1) is 7.11 Å². The predicted octanol–water partition coefficient (Wildman–Crippen LogP) is 13.4. The molecule has 0 bridgehead atoms. The van der Waals surface area contributed by atoms with E-state index in [2.05, 4.69) is 285 Å². The summed E-state index contributed by atoms with van der Waals surface area (Å²) in [6.45, 7) is 0.219. The first kappa shape index (κ1) is 46.7. The minimum atomic E-state index is 0.0814. The van der Waals surface area contributed by atoms with Crippen LogP contribution < -0.4 is 57.1 Å². The molecule has 10 aromatic carbocycles. The highest BCUT2D eigenvalue weighted by Gasteiger charge is 2.45. The van der Waals surface area contributed by atoms with Gasteiger partial charge in [-0.25, -0.2) is 0 Å². The zero-order valence-electron chi connectivity index (χ0n) is 39.6. The third-order valence-electron chi connectivity index (χ3n) is 14.0. The molecule has 0 aliphatic carbocycles. The van der Waals surface area contributed by atoms with Crippen molar-refractivity contribution < 1.29 is 9.84 Å². The molecule has 12 heteroatoms. The molecule has 73 heavy (non-hydrogen) atoms. The Morgan fingerprint density at radius 2 is 0.575 bits per heavy atom. The van der Waals surface area contributed by atoms with E-state index in [-0.39, 0.29) is 22.4 Å². The average molecular weight is 1140 g/mol. The molecular formula is C61H44B3Br3N4O2. The Labute approximate surface area is 452 Å². The number of benzene rings is 10. The minimum absolute atomic E-state index is 0.0814. The number of para-hydroxylation sites is 8. The lowest BCUT2D eigenvalue weighted by atomic mass is 9.33. The Bertz CT molecular complexity index is 3410. The third-order valence-corrected chi connectivity index (χ3v) is 14.0. The molecule has 14 rings (SSSR count). The van der Waals surface area contributed by atoms with E-state index in [9.17, 15) is 5.11 Å². The summed E-state index contributed by atoms with van der Waals surface area (Å²) in [4.78, 5) is 9.32. The number of anilines is 12. The summed E-state index contributed by atoms with van der Waals surface area (Å²) < 4.78 is 6.14. The highest BCUT2D eigenvalue weighted by atomic mass is 79.9. The third kappa shape index (κ3) is 8.31. The van der Waals surface area contributed by atoms with Crippen molar-refractivity contribution in [2.24, 2.45) is 0 Å². The van der Waals surface area contributed by atoms with Gasteiger partial charge in [-0.2, -0.15) is 0 Å². The summed E-state index contributed by atoms with van der Waals surface area (Å²) in [5, 5.41) is 11.0. The standard InChI is InChI=1S/C31H23BN2O.C30H21BN2O.BBr3/c1-35-24-20-29-31-30(21-24)34(23-14-6-3-7-15-23)28-19-11-9-17-26(28)32(31)25-16-8-10-18-27(25)33(29)22-12-4-2-5-13-22;34-23-19-28-30-29(20-23)33(22-13-5-2-6-14-22)27-18-10-8-16-25(27)31(30)24-15-7-9-17-26(24)32(28)21-11-3-1-4-12-21;2-1(3)4/h2-21H,1H3;1-20,34H;. The number of phenolic OH excluding ortho intramolecular Hbond substituents is 1. The first-order valence-corrected chi connectivity index (χ1v) is 26.9. The molecule has 0 atom stereocenters. The first-order valence-electron chi connectivity index (χ1n) is 24.2. The fourth-order valence-corrected chi connectivity index (χ4v) is 11.3. The van der Waals surface area contributed by atoms with Crippen molar-refractivity contribution in [2.45, 2.75) is 0 Å². The maximum absolute atomic E-state index is 11.0. The summed E-state index contributed by atoms with van der Waals surface area (Å²) in [5.41, 5.74) is 21.2. The maximum Gasteiger partial charge on any atom is 0.369 e. The van der Waals surface area contributed by atoms with Gasteiger partial charge in [-0.15, -0.1) is 47.3 Å². The Morgan fingerprint density at radius 3 is 0.836 bits per heavy atom. The number of aromatic hydroxyl groups is 1. The number of nitrogens with zero attached hydrogens (tertiary/aromatic N) is 4. The molecule has 1 N–H and O–H groups in total. The maximum atomic E-state index is 11.0. The Balaban J connectivity index is 0.000000139. The smallest absolute Gasteiger partial charge is 0.369 e. The molecule has 350 valence electrons. The number of methoxy groups -OCH3 is 1. The second-order valence-corrected chi connectivity index (χ2v) is 24.4. The van der Waals surface area contributed by atoms with Crippen molar-refractivity contribution in [3.63, 3.8) is 0 Å². The van der Waals surface area contributed by atoms with E-state index < -0.39 is 0 Å².